The molecule has 152 valence electrons. The van der Waals surface area contributed by atoms with Crippen molar-refractivity contribution in [2.24, 2.45) is 7.05 Å². The van der Waals surface area contributed by atoms with Crippen LogP contribution in [0.1, 0.15) is 23.3 Å². The average Bonchev–Trinajstić information content (AvgIpc) is 3.03. The quantitative estimate of drug-likeness (QED) is 0.712. The first-order valence-electron chi connectivity index (χ1n) is 9.34. The first kappa shape index (κ1) is 19.4. The number of rotatable bonds is 3. The number of hydrogen-bond acceptors (Lipinski definition) is 4. The number of carbonyl (C=O) groups is 1. The van der Waals surface area contributed by atoms with E-state index in [1.165, 1.54) is 36.4 Å². The molecule has 2 heterocycles. The van der Waals surface area contributed by atoms with Crippen LogP contribution >= 0.6 is 0 Å². The van der Waals surface area contributed by atoms with Crippen LogP contribution in [0.4, 0.5) is 4.39 Å². The monoisotopic (exact) mass is 416 g/mol. The molecule has 1 saturated heterocycles. The molecular formula is C21H21FN2O4S. The molecular weight excluding hydrogens is 395 g/mol. The minimum atomic E-state index is -3.58. The van der Waals surface area contributed by atoms with Crippen LogP contribution in [0.15, 0.2) is 53.4 Å². The number of aromatic hydroxyl groups is 1. The van der Waals surface area contributed by atoms with E-state index < -0.39 is 15.1 Å². The zero-order valence-electron chi connectivity index (χ0n) is 15.9. The van der Waals surface area contributed by atoms with Crippen molar-refractivity contribution < 1.29 is 22.7 Å². The molecule has 4 rings (SSSR count). The van der Waals surface area contributed by atoms with Gasteiger partial charge in [-0.15, -0.1) is 0 Å². The Hall–Kier alpha value is -2.87. The summed E-state index contributed by atoms with van der Waals surface area (Å²) in [7, 11) is -1.86. The van der Waals surface area contributed by atoms with Gasteiger partial charge in [-0.05, 0) is 55.3 Å². The first-order chi connectivity index (χ1) is 13.8. The number of likely N-dealkylation sites (tertiary alicyclic amines) is 1. The Bertz CT molecular complexity index is 1190. The fourth-order valence-electron chi connectivity index (χ4n) is 3.89. The summed E-state index contributed by atoms with van der Waals surface area (Å²) in [6.07, 6.45) is 0.643. The Labute approximate surface area is 168 Å². The molecule has 8 heteroatoms. The number of phenols is 1. The smallest absolute Gasteiger partial charge is 0.270 e. The van der Waals surface area contributed by atoms with Crippen molar-refractivity contribution in [1.82, 2.24) is 9.47 Å². The molecule has 6 nitrogen and oxygen atoms in total. The molecule has 3 aromatic rings. The summed E-state index contributed by atoms with van der Waals surface area (Å²) in [6, 6.07) is 11.8. The number of carbonyl (C=O) groups excluding carboxylic acids is 1. The minimum absolute atomic E-state index is 0.0918. The van der Waals surface area contributed by atoms with Crippen molar-refractivity contribution in [3.63, 3.8) is 0 Å². The highest BCUT2D eigenvalue weighted by Crippen LogP contribution is 2.28. The number of sulfone groups is 1. The van der Waals surface area contributed by atoms with Crippen molar-refractivity contribution in [3.05, 3.63) is 60.0 Å². The summed E-state index contributed by atoms with van der Waals surface area (Å²) in [5, 5.41) is 9.75. The molecule has 0 bridgehead atoms. The van der Waals surface area contributed by atoms with Gasteiger partial charge in [-0.25, -0.2) is 12.8 Å². The van der Waals surface area contributed by atoms with Crippen LogP contribution in [-0.4, -0.2) is 47.2 Å². The Kier molecular flexibility index (Phi) is 4.82. The fourth-order valence-corrected chi connectivity index (χ4v) is 5.66. The molecule has 0 radical (unpaired) electrons. The summed E-state index contributed by atoms with van der Waals surface area (Å²) in [6.45, 7) is 0.634. The molecule has 0 spiro atoms. The summed E-state index contributed by atoms with van der Waals surface area (Å²) in [4.78, 5) is 14.7. The second-order valence-electron chi connectivity index (χ2n) is 7.33. The van der Waals surface area contributed by atoms with E-state index >= 15 is 0 Å². The van der Waals surface area contributed by atoms with Crippen molar-refractivity contribution >= 4 is 26.6 Å². The van der Waals surface area contributed by atoms with Gasteiger partial charge in [0.05, 0.1) is 15.7 Å². The maximum atomic E-state index is 13.5. The zero-order chi connectivity index (χ0) is 20.8. The van der Waals surface area contributed by atoms with Crippen LogP contribution in [0, 0.1) is 5.82 Å². The van der Waals surface area contributed by atoms with Gasteiger partial charge in [0.1, 0.15) is 17.3 Å². The highest BCUT2D eigenvalue weighted by atomic mass is 32.2. The van der Waals surface area contributed by atoms with Crippen molar-refractivity contribution in [2.75, 3.05) is 13.1 Å². The number of halogens is 1. The predicted molar refractivity (Wildman–Crippen MR) is 107 cm³/mol. The number of phenolic OH excluding ortho intramolecular Hbond substituents is 1. The van der Waals surface area contributed by atoms with E-state index in [0.29, 0.717) is 37.1 Å². The van der Waals surface area contributed by atoms with E-state index in [2.05, 4.69) is 0 Å². The molecule has 1 amide bonds. The van der Waals surface area contributed by atoms with Crippen LogP contribution in [0.2, 0.25) is 0 Å². The maximum Gasteiger partial charge on any atom is 0.270 e. The van der Waals surface area contributed by atoms with E-state index in [0.717, 1.165) is 5.39 Å². The van der Waals surface area contributed by atoms with Gasteiger partial charge >= 0.3 is 0 Å². The normalized spacial score (nSPS) is 15.7. The van der Waals surface area contributed by atoms with Gasteiger partial charge in [-0.1, -0.05) is 6.07 Å². The van der Waals surface area contributed by atoms with Crippen LogP contribution in [0.3, 0.4) is 0 Å². The molecule has 2 aromatic carbocycles. The Morgan fingerprint density at radius 3 is 2.52 bits per heavy atom. The molecule has 1 fully saturated rings. The lowest BCUT2D eigenvalue weighted by molar-refractivity contribution is 0.0716. The van der Waals surface area contributed by atoms with Gasteiger partial charge in [0, 0.05) is 25.5 Å². The molecule has 29 heavy (non-hydrogen) atoms. The van der Waals surface area contributed by atoms with E-state index in [-0.39, 0.29) is 22.4 Å². The number of benzene rings is 2. The van der Waals surface area contributed by atoms with E-state index in [9.17, 15) is 22.7 Å². The van der Waals surface area contributed by atoms with Crippen LogP contribution in [-0.2, 0) is 16.9 Å². The third kappa shape index (κ3) is 3.48. The molecule has 0 unspecified atom stereocenters. The first-order valence-corrected chi connectivity index (χ1v) is 10.9. The van der Waals surface area contributed by atoms with Crippen molar-refractivity contribution in [1.29, 1.82) is 0 Å². The summed E-state index contributed by atoms with van der Waals surface area (Å²) >= 11 is 0. The summed E-state index contributed by atoms with van der Waals surface area (Å²) < 4.78 is 40.9. The van der Waals surface area contributed by atoms with Gasteiger partial charge in [0.25, 0.3) is 5.91 Å². The molecule has 1 aliphatic heterocycles. The lowest BCUT2D eigenvalue weighted by Gasteiger charge is -2.31. The van der Waals surface area contributed by atoms with E-state index in [4.69, 9.17) is 0 Å². The Morgan fingerprint density at radius 2 is 1.83 bits per heavy atom. The third-order valence-corrected chi connectivity index (χ3v) is 7.80. The van der Waals surface area contributed by atoms with Crippen molar-refractivity contribution in [2.45, 2.75) is 23.0 Å². The number of aromatic nitrogens is 1. The standard InChI is InChI=1S/C21H21FN2O4S/c1-23-19-12-15(22)6-5-14(19)11-20(23)21(26)24-9-7-17(8-10-24)29(27,28)18-4-2-3-16(25)13-18/h2-6,11-13,17,25H,7-10H2,1H3. The average molecular weight is 416 g/mol. The Balaban J connectivity index is 1.51. The van der Waals surface area contributed by atoms with Gasteiger partial charge in [-0.2, -0.15) is 0 Å². The van der Waals surface area contributed by atoms with Gasteiger partial charge < -0.3 is 14.6 Å². The number of aryl methyl sites for hydroxylation is 1. The lowest BCUT2D eigenvalue weighted by Crippen LogP contribution is -2.43. The number of amides is 1. The number of fused-ring (bicyclic) bond motifs is 1. The van der Waals surface area contributed by atoms with E-state index in [1.54, 1.807) is 28.6 Å². The molecule has 0 aliphatic carbocycles. The SMILES string of the molecule is Cn1c(C(=O)N2CCC(S(=O)(=O)c3cccc(O)c3)CC2)cc2ccc(F)cc21. The van der Waals surface area contributed by atoms with Gasteiger partial charge in [0.2, 0.25) is 0 Å². The molecule has 1 aromatic heterocycles. The van der Waals surface area contributed by atoms with Gasteiger partial charge in [-0.3, -0.25) is 4.79 Å². The highest BCUT2D eigenvalue weighted by Gasteiger charge is 2.33. The molecule has 1 aliphatic rings. The fraction of sp³-hybridized carbons (Fsp3) is 0.286. The van der Waals surface area contributed by atoms with Crippen LogP contribution < -0.4 is 0 Å². The molecule has 1 N–H and O–H groups in total. The molecule has 0 saturated carbocycles. The number of nitrogens with zero attached hydrogens (tertiary/aromatic N) is 2. The second kappa shape index (κ2) is 7.18. The predicted octanol–water partition coefficient (Wildman–Crippen LogP) is 3.10. The number of piperidine rings is 1. The maximum absolute atomic E-state index is 13.5. The van der Waals surface area contributed by atoms with E-state index in [1.807, 2.05) is 0 Å². The van der Waals surface area contributed by atoms with Crippen molar-refractivity contribution in [3.8, 4) is 5.75 Å². The summed E-state index contributed by atoms with van der Waals surface area (Å²) in [5.74, 6) is -0.654. The minimum Gasteiger partial charge on any atom is -0.508 e. The third-order valence-electron chi connectivity index (χ3n) is 5.54. The highest BCUT2D eigenvalue weighted by molar-refractivity contribution is 7.92. The van der Waals surface area contributed by atoms with Gasteiger partial charge in [0.15, 0.2) is 9.84 Å². The summed E-state index contributed by atoms with van der Waals surface area (Å²) in [5.41, 5.74) is 1.08. The topological polar surface area (TPSA) is 79.6 Å². The second-order valence-corrected chi connectivity index (χ2v) is 9.55. The van der Waals surface area contributed by atoms with Crippen LogP contribution in [0.25, 0.3) is 10.9 Å². The Morgan fingerprint density at radius 1 is 1.10 bits per heavy atom. The van der Waals surface area contributed by atoms with Crippen LogP contribution in [0.5, 0.6) is 5.75 Å². The number of hydrogen-bond donors (Lipinski definition) is 1. The largest absolute Gasteiger partial charge is 0.508 e. The molecule has 0 atom stereocenters. The zero-order valence-corrected chi connectivity index (χ0v) is 16.7. The lowest BCUT2D eigenvalue weighted by atomic mass is 10.1.